The first kappa shape index (κ1) is 19.3. The number of amides is 1. The highest BCUT2D eigenvalue weighted by Gasteiger charge is 2.33. The molecule has 6 nitrogen and oxygen atoms in total. The number of benzene rings is 1. The van der Waals surface area contributed by atoms with Crippen LogP contribution in [0.15, 0.2) is 18.2 Å². The number of nitrogens with zero attached hydrogens (tertiary/aromatic N) is 4. The van der Waals surface area contributed by atoms with Crippen LogP contribution in [-0.2, 0) is 0 Å². The maximum atomic E-state index is 13.0. The predicted octanol–water partition coefficient (Wildman–Crippen LogP) is 2.74. The Morgan fingerprint density at radius 3 is 2.71 bits per heavy atom. The highest BCUT2D eigenvalue weighted by atomic mass is 19.3. The van der Waals surface area contributed by atoms with E-state index in [0.717, 1.165) is 32.6 Å². The highest BCUT2D eigenvalue weighted by Crippen LogP contribution is 2.25. The van der Waals surface area contributed by atoms with Crippen LogP contribution in [0.25, 0.3) is 11.0 Å². The molecule has 1 aromatic carbocycles. The van der Waals surface area contributed by atoms with Gasteiger partial charge in [-0.1, -0.05) is 0 Å². The SMILES string of the molecule is CN1CCC(N2CCC(N(C)C(=O)c3ccc4nc(C(F)F)[nH]c4c3)C2)CC1. The molecule has 2 aliphatic heterocycles. The van der Waals surface area contributed by atoms with Gasteiger partial charge in [-0.05, 0) is 57.6 Å². The third-order valence-electron chi connectivity index (χ3n) is 6.22. The summed E-state index contributed by atoms with van der Waals surface area (Å²) in [5.74, 6) is -0.442. The maximum absolute atomic E-state index is 13.0. The summed E-state index contributed by atoms with van der Waals surface area (Å²) < 4.78 is 25.7. The molecule has 8 heteroatoms. The van der Waals surface area contributed by atoms with Crippen LogP contribution in [0.5, 0.6) is 0 Å². The molecule has 2 aliphatic rings. The Kier molecular flexibility index (Phi) is 5.33. The van der Waals surface area contributed by atoms with E-state index in [-0.39, 0.29) is 17.8 Å². The van der Waals surface area contributed by atoms with Crippen LogP contribution in [0.2, 0.25) is 0 Å². The van der Waals surface area contributed by atoms with Crippen LogP contribution in [0.3, 0.4) is 0 Å². The zero-order chi connectivity index (χ0) is 19.8. The van der Waals surface area contributed by atoms with E-state index in [0.29, 0.717) is 22.6 Å². The van der Waals surface area contributed by atoms with Crippen LogP contribution < -0.4 is 0 Å². The molecule has 1 aromatic heterocycles. The first-order valence-corrected chi connectivity index (χ1v) is 9.90. The van der Waals surface area contributed by atoms with Crippen molar-refractivity contribution >= 4 is 16.9 Å². The summed E-state index contributed by atoms with van der Waals surface area (Å²) in [5.41, 5.74) is 1.41. The van der Waals surface area contributed by atoms with Crippen molar-refractivity contribution in [2.45, 2.75) is 37.8 Å². The summed E-state index contributed by atoms with van der Waals surface area (Å²) in [6.45, 7) is 4.18. The van der Waals surface area contributed by atoms with Crippen molar-refractivity contribution in [1.29, 1.82) is 0 Å². The fourth-order valence-corrected chi connectivity index (χ4v) is 4.41. The van der Waals surface area contributed by atoms with Gasteiger partial charge in [0.15, 0.2) is 5.82 Å². The second-order valence-corrected chi connectivity index (χ2v) is 8.04. The average Bonchev–Trinajstić information content (AvgIpc) is 3.34. The lowest BCUT2D eigenvalue weighted by atomic mass is 10.0. The lowest BCUT2D eigenvalue weighted by Crippen LogP contribution is -2.45. The van der Waals surface area contributed by atoms with Gasteiger partial charge in [-0.2, -0.15) is 0 Å². The number of aromatic amines is 1. The van der Waals surface area contributed by atoms with Gasteiger partial charge in [0.05, 0.1) is 11.0 Å². The van der Waals surface area contributed by atoms with E-state index in [2.05, 4.69) is 26.8 Å². The average molecular weight is 391 g/mol. The van der Waals surface area contributed by atoms with Gasteiger partial charge in [0.2, 0.25) is 0 Å². The van der Waals surface area contributed by atoms with Gasteiger partial charge < -0.3 is 14.8 Å². The molecule has 0 saturated carbocycles. The molecule has 1 atom stereocenters. The maximum Gasteiger partial charge on any atom is 0.295 e. The van der Waals surface area contributed by atoms with Crippen molar-refractivity contribution < 1.29 is 13.6 Å². The molecule has 0 radical (unpaired) electrons. The van der Waals surface area contributed by atoms with Gasteiger partial charge in [0, 0.05) is 37.8 Å². The summed E-state index contributed by atoms with van der Waals surface area (Å²) in [7, 11) is 4.00. The molecule has 1 N–H and O–H groups in total. The monoisotopic (exact) mass is 391 g/mol. The number of imidazole rings is 1. The Labute approximate surface area is 163 Å². The number of fused-ring (bicyclic) bond motifs is 1. The second kappa shape index (κ2) is 7.75. The van der Waals surface area contributed by atoms with Crippen molar-refractivity contribution in [1.82, 2.24) is 24.7 Å². The summed E-state index contributed by atoms with van der Waals surface area (Å²) in [6, 6.07) is 5.70. The van der Waals surface area contributed by atoms with Gasteiger partial charge in [0.1, 0.15) is 0 Å². The number of rotatable bonds is 4. The highest BCUT2D eigenvalue weighted by molar-refractivity contribution is 5.97. The van der Waals surface area contributed by atoms with Crippen molar-refractivity contribution in [2.75, 3.05) is 40.3 Å². The first-order valence-electron chi connectivity index (χ1n) is 9.90. The van der Waals surface area contributed by atoms with E-state index in [4.69, 9.17) is 0 Å². The lowest BCUT2D eigenvalue weighted by Gasteiger charge is -2.35. The van der Waals surface area contributed by atoms with E-state index in [1.54, 1.807) is 23.1 Å². The van der Waals surface area contributed by atoms with Crippen molar-refractivity contribution in [3.63, 3.8) is 0 Å². The molecule has 3 heterocycles. The number of aromatic nitrogens is 2. The Hall–Kier alpha value is -2.06. The number of carbonyl (C=O) groups excluding carboxylic acids is 1. The van der Waals surface area contributed by atoms with Crippen molar-refractivity contribution in [3.8, 4) is 0 Å². The van der Waals surface area contributed by atoms with Crippen LogP contribution in [0.4, 0.5) is 8.78 Å². The van der Waals surface area contributed by atoms with Gasteiger partial charge in [-0.3, -0.25) is 9.69 Å². The van der Waals surface area contributed by atoms with Gasteiger partial charge in [-0.15, -0.1) is 0 Å². The minimum absolute atomic E-state index is 0.0784. The standard InChI is InChI=1S/C20H27F2N5O/c1-25-8-5-14(6-9-25)27-10-7-15(12-27)26(2)20(28)13-3-4-16-17(11-13)24-19(23-16)18(21)22/h3-4,11,14-15,18H,5-10,12H2,1-2H3,(H,23,24). The number of carbonyl (C=O) groups is 1. The zero-order valence-electron chi connectivity index (χ0n) is 16.4. The normalized spacial score (nSPS) is 22.4. The molecule has 1 unspecified atom stereocenters. The molecule has 4 rings (SSSR count). The summed E-state index contributed by atoms with van der Waals surface area (Å²) in [4.78, 5) is 26.1. The molecule has 0 bridgehead atoms. The van der Waals surface area contributed by atoms with Crippen LogP contribution >= 0.6 is 0 Å². The number of hydrogen-bond acceptors (Lipinski definition) is 4. The number of nitrogens with one attached hydrogen (secondary N) is 1. The van der Waals surface area contributed by atoms with Crippen molar-refractivity contribution in [2.24, 2.45) is 0 Å². The van der Waals surface area contributed by atoms with Gasteiger partial charge in [0.25, 0.3) is 12.3 Å². The fraction of sp³-hybridized carbons (Fsp3) is 0.600. The van der Waals surface area contributed by atoms with E-state index in [1.807, 2.05) is 7.05 Å². The molecule has 2 aromatic rings. The number of H-pyrrole nitrogens is 1. The quantitative estimate of drug-likeness (QED) is 0.871. The zero-order valence-corrected chi connectivity index (χ0v) is 16.4. The lowest BCUT2D eigenvalue weighted by molar-refractivity contribution is 0.0721. The molecule has 2 saturated heterocycles. The smallest absolute Gasteiger partial charge is 0.295 e. The van der Waals surface area contributed by atoms with E-state index in [1.165, 1.54) is 12.8 Å². The molecule has 0 spiro atoms. The molecular formula is C20H27F2N5O. The Balaban J connectivity index is 1.42. The number of likely N-dealkylation sites (tertiary alicyclic amines) is 2. The third kappa shape index (κ3) is 3.75. The minimum atomic E-state index is -2.65. The molecular weight excluding hydrogens is 364 g/mol. The van der Waals surface area contributed by atoms with E-state index >= 15 is 0 Å². The number of likely N-dealkylation sites (N-methyl/N-ethyl adjacent to an activating group) is 1. The fourth-order valence-electron chi connectivity index (χ4n) is 4.41. The first-order chi connectivity index (χ1) is 13.4. The summed E-state index contributed by atoms with van der Waals surface area (Å²) >= 11 is 0. The van der Waals surface area contributed by atoms with E-state index < -0.39 is 6.43 Å². The van der Waals surface area contributed by atoms with Crippen LogP contribution in [0.1, 0.15) is 41.9 Å². The Morgan fingerprint density at radius 1 is 1.25 bits per heavy atom. The Bertz CT molecular complexity index is 846. The van der Waals surface area contributed by atoms with Gasteiger partial charge >= 0.3 is 0 Å². The summed E-state index contributed by atoms with van der Waals surface area (Å²) in [6.07, 6.45) is 0.683. The molecule has 1 amide bonds. The number of hydrogen-bond donors (Lipinski definition) is 1. The van der Waals surface area contributed by atoms with E-state index in [9.17, 15) is 13.6 Å². The Morgan fingerprint density at radius 2 is 2.00 bits per heavy atom. The number of piperidine rings is 1. The van der Waals surface area contributed by atoms with Crippen molar-refractivity contribution in [3.05, 3.63) is 29.6 Å². The molecule has 28 heavy (non-hydrogen) atoms. The number of alkyl halides is 2. The number of halogens is 2. The topological polar surface area (TPSA) is 55.5 Å². The minimum Gasteiger partial charge on any atom is -0.337 e. The molecule has 0 aliphatic carbocycles. The predicted molar refractivity (Wildman–Crippen MR) is 104 cm³/mol. The summed E-state index contributed by atoms with van der Waals surface area (Å²) in [5, 5.41) is 0. The molecule has 152 valence electrons. The van der Waals surface area contributed by atoms with Crippen LogP contribution in [0, 0.1) is 0 Å². The largest absolute Gasteiger partial charge is 0.337 e. The second-order valence-electron chi connectivity index (χ2n) is 8.04. The molecule has 2 fully saturated rings. The third-order valence-corrected chi connectivity index (χ3v) is 6.22. The van der Waals surface area contributed by atoms with Gasteiger partial charge in [-0.25, -0.2) is 13.8 Å². The van der Waals surface area contributed by atoms with Crippen LogP contribution in [-0.4, -0.2) is 82.9 Å².